The molecule has 0 aliphatic rings. The fourth-order valence-electron chi connectivity index (χ4n) is 1.40. The van der Waals surface area contributed by atoms with Crippen LogP contribution in [0.4, 0.5) is 0 Å². The molecule has 8 heteroatoms. The van der Waals surface area contributed by atoms with Crippen molar-refractivity contribution in [3.8, 4) is 0 Å². The highest BCUT2D eigenvalue weighted by Crippen LogP contribution is 2.05. The molecule has 0 saturated heterocycles. The lowest BCUT2D eigenvalue weighted by atomic mass is 10.1. The minimum absolute atomic E-state index is 0.0183. The fraction of sp³-hybridized carbons (Fsp3) is 0.455. The van der Waals surface area contributed by atoms with E-state index in [9.17, 15) is 14.4 Å². The van der Waals surface area contributed by atoms with Crippen molar-refractivity contribution in [3.05, 3.63) is 17.5 Å². The van der Waals surface area contributed by atoms with E-state index in [0.29, 0.717) is 12.1 Å². The van der Waals surface area contributed by atoms with Crippen molar-refractivity contribution in [2.45, 2.75) is 25.8 Å². The lowest BCUT2D eigenvalue weighted by Crippen LogP contribution is -2.47. The molecular formula is C11H16N4O4. The van der Waals surface area contributed by atoms with Crippen LogP contribution in [0.1, 0.15) is 29.6 Å². The van der Waals surface area contributed by atoms with E-state index < -0.39 is 23.8 Å². The van der Waals surface area contributed by atoms with Crippen molar-refractivity contribution in [2.24, 2.45) is 5.73 Å². The summed E-state index contributed by atoms with van der Waals surface area (Å²) >= 11 is 0. The molecule has 0 aliphatic heterocycles. The Morgan fingerprint density at radius 2 is 2.16 bits per heavy atom. The van der Waals surface area contributed by atoms with Gasteiger partial charge in [-0.1, -0.05) is 12.1 Å². The third-order valence-electron chi connectivity index (χ3n) is 2.42. The van der Waals surface area contributed by atoms with E-state index in [1.54, 1.807) is 0 Å². The lowest BCUT2D eigenvalue weighted by molar-refractivity contribution is -0.126. The Labute approximate surface area is 109 Å². The molecule has 0 unspecified atom stereocenters. The van der Waals surface area contributed by atoms with Crippen molar-refractivity contribution in [2.75, 3.05) is 7.05 Å². The summed E-state index contributed by atoms with van der Waals surface area (Å²) in [6.07, 6.45) is 0.330. The van der Waals surface area contributed by atoms with Gasteiger partial charge < -0.3 is 20.9 Å². The number of carbonyl (C=O) groups is 3. The lowest BCUT2D eigenvalue weighted by Gasteiger charge is -2.14. The van der Waals surface area contributed by atoms with Crippen LogP contribution in [0.2, 0.25) is 0 Å². The largest absolute Gasteiger partial charge is 0.370 e. The van der Waals surface area contributed by atoms with Crippen LogP contribution in [0.15, 0.2) is 10.6 Å². The molecule has 0 aliphatic carbocycles. The van der Waals surface area contributed by atoms with E-state index in [2.05, 4.69) is 15.8 Å². The number of aryl methyl sites for hydroxylation is 1. The van der Waals surface area contributed by atoms with Gasteiger partial charge in [-0.15, -0.1) is 0 Å². The molecule has 0 saturated carbocycles. The van der Waals surface area contributed by atoms with Gasteiger partial charge in [-0.05, 0) is 6.42 Å². The molecule has 1 aromatic rings. The van der Waals surface area contributed by atoms with Crippen LogP contribution in [0.25, 0.3) is 0 Å². The summed E-state index contributed by atoms with van der Waals surface area (Å²) in [5.74, 6) is -1.85. The number of nitrogens with two attached hydrogens (primary N) is 1. The second-order valence-electron chi connectivity index (χ2n) is 3.85. The molecule has 0 radical (unpaired) electrons. The number of aromatic nitrogens is 1. The number of nitrogens with one attached hydrogen (secondary N) is 2. The van der Waals surface area contributed by atoms with Crippen molar-refractivity contribution in [3.63, 3.8) is 0 Å². The molecule has 1 atom stereocenters. The first kappa shape index (κ1) is 14.7. The van der Waals surface area contributed by atoms with Gasteiger partial charge in [0.1, 0.15) is 6.04 Å². The maximum atomic E-state index is 11.8. The zero-order valence-electron chi connectivity index (χ0n) is 10.7. The Kier molecular flexibility index (Phi) is 5.04. The Bertz CT molecular complexity index is 483. The number of hydrogen-bond acceptors (Lipinski definition) is 5. The van der Waals surface area contributed by atoms with E-state index in [1.807, 2.05) is 6.92 Å². The number of likely N-dealkylation sites (N-methyl/N-ethyl adjacent to an activating group) is 1. The highest BCUT2D eigenvalue weighted by molar-refractivity contribution is 5.97. The molecule has 0 spiro atoms. The number of nitrogens with zero attached hydrogens (tertiary/aromatic N) is 1. The van der Waals surface area contributed by atoms with E-state index in [1.165, 1.54) is 13.1 Å². The number of carbonyl (C=O) groups excluding carboxylic acids is 3. The predicted molar refractivity (Wildman–Crippen MR) is 65.0 cm³/mol. The van der Waals surface area contributed by atoms with Crippen LogP contribution < -0.4 is 16.4 Å². The molecule has 0 aromatic carbocycles. The first-order valence-electron chi connectivity index (χ1n) is 5.74. The molecule has 4 N–H and O–H groups in total. The normalized spacial score (nSPS) is 11.7. The van der Waals surface area contributed by atoms with Crippen LogP contribution in [-0.4, -0.2) is 36.0 Å². The molecule has 3 amide bonds. The third kappa shape index (κ3) is 4.09. The molecule has 0 bridgehead atoms. The summed E-state index contributed by atoms with van der Waals surface area (Å²) in [4.78, 5) is 34.2. The Morgan fingerprint density at radius 1 is 1.47 bits per heavy atom. The van der Waals surface area contributed by atoms with Crippen molar-refractivity contribution >= 4 is 17.7 Å². The highest BCUT2D eigenvalue weighted by atomic mass is 16.5. The fourth-order valence-corrected chi connectivity index (χ4v) is 1.40. The number of primary amides is 1. The quantitative estimate of drug-likeness (QED) is 0.607. The first-order chi connectivity index (χ1) is 8.97. The predicted octanol–water partition coefficient (Wildman–Crippen LogP) is -1.04. The second kappa shape index (κ2) is 6.53. The molecule has 19 heavy (non-hydrogen) atoms. The van der Waals surface area contributed by atoms with Gasteiger partial charge in [-0.25, -0.2) is 0 Å². The third-order valence-corrected chi connectivity index (χ3v) is 2.42. The summed E-state index contributed by atoms with van der Waals surface area (Å²) in [6, 6.07) is 0.436. The van der Waals surface area contributed by atoms with Gasteiger partial charge in [0.15, 0.2) is 0 Å². The van der Waals surface area contributed by atoms with Gasteiger partial charge in [-0.3, -0.25) is 14.4 Å². The summed E-state index contributed by atoms with van der Waals surface area (Å²) in [5.41, 5.74) is 5.64. The molecule has 8 nitrogen and oxygen atoms in total. The van der Waals surface area contributed by atoms with Crippen LogP contribution in [-0.2, 0) is 16.0 Å². The van der Waals surface area contributed by atoms with Crippen molar-refractivity contribution in [1.29, 1.82) is 0 Å². The maximum Gasteiger partial charge on any atom is 0.290 e. The number of hydrogen-bond donors (Lipinski definition) is 3. The molecule has 0 fully saturated rings. The molecule has 1 rings (SSSR count). The van der Waals surface area contributed by atoms with Gasteiger partial charge in [0.05, 0.1) is 12.1 Å². The standard InChI is InChI=1S/C11H16N4O4/c1-3-6-4-8(19-15-6)11(18)14-7(5-9(12)16)10(17)13-2/h4,7H,3,5H2,1-2H3,(H2,12,16)(H,13,17)(H,14,18)/t7-/m0/s1. The summed E-state index contributed by atoms with van der Waals surface area (Å²) in [5, 5.41) is 8.36. The van der Waals surface area contributed by atoms with E-state index >= 15 is 0 Å². The average molecular weight is 268 g/mol. The van der Waals surface area contributed by atoms with Gasteiger partial charge in [-0.2, -0.15) is 0 Å². The van der Waals surface area contributed by atoms with E-state index in [-0.39, 0.29) is 12.2 Å². The molecular weight excluding hydrogens is 252 g/mol. The smallest absolute Gasteiger partial charge is 0.290 e. The Balaban J connectivity index is 2.75. The van der Waals surface area contributed by atoms with E-state index in [4.69, 9.17) is 10.3 Å². The van der Waals surface area contributed by atoms with Crippen LogP contribution >= 0.6 is 0 Å². The second-order valence-corrected chi connectivity index (χ2v) is 3.85. The Morgan fingerprint density at radius 3 is 2.63 bits per heavy atom. The van der Waals surface area contributed by atoms with Crippen LogP contribution in [0, 0.1) is 0 Å². The molecule has 1 aromatic heterocycles. The number of amides is 3. The zero-order valence-corrected chi connectivity index (χ0v) is 10.7. The summed E-state index contributed by atoms with van der Waals surface area (Å²) < 4.78 is 4.83. The molecule has 104 valence electrons. The van der Waals surface area contributed by atoms with Gasteiger partial charge >= 0.3 is 0 Å². The van der Waals surface area contributed by atoms with E-state index in [0.717, 1.165) is 0 Å². The van der Waals surface area contributed by atoms with Crippen LogP contribution in [0.3, 0.4) is 0 Å². The summed E-state index contributed by atoms with van der Waals surface area (Å²) in [7, 11) is 1.39. The topological polar surface area (TPSA) is 127 Å². The van der Waals surface area contributed by atoms with Gasteiger partial charge in [0, 0.05) is 13.1 Å². The van der Waals surface area contributed by atoms with Crippen molar-refractivity contribution in [1.82, 2.24) is 15.8 Å². The zero-order chi connectivity index (χ0) is 14.4. The molecule has 1 heterocycles. The van der Waals surface area contributed by atoms with Gasteiger partial charge in [0.2, 0.25) is 17.6 Å². The monoisotopic (exact) mass is 268 g/mol. The first-order valence-corrected chi connectivity index (χ1v) is 5.74. The summed E-state index contributed by atoms with van der Waals surface area (Å²) in [6.45, 7) is 1.86. The number of rotatable bonds is 6. The Hall–Kier alpha value is -2.38. The maximum absolute atomic E-state index is 11.8. The minimum atomic E-state index is -1.04. The van der Waals surface area contributed by atoms with Gasteiger partial charge in [0.25, 0.3) is 5.91 Å². The SMILES string of the molecule is CCc1cc(C(=O)N[C@@H](CC(N)=O)C(=O)NC)on1. The van der Waals surface area contributed by atoms with Crippen LogP contribution in [0.5, 0.6) is 0 Å². The average Bonchev–Trinajstić information content (AvgIpc) is 2.85. The van der Waals surface area contributed by atoms with Crippen molar-refractivity contribution < 1.29 is 18.9 Å². The highest BCUT2D eigenvalue weighted by Gasteiger charge is 2.24. The minimum Gasteiger partial charge on any atom is -0.370 e.